The first kappa shape index (κ1) is 18.1. The molecule has 0 fully saturated rings. The van der Waals surface area contributed by atoms with Gasteiger partial charge in [-0.05, 0) is 59.5 Å². The fourth-order valence-corrected chi connectivity index (χ4v) is 4.35. The lowest BCUT2D eigenvalue weighted by molar-refractivity contribution is 0.309. The molecule has 146 valence electrons. The Hall–Kier alpha value is -2.91. The van der Waals surface area contributed by atoms with Crippen LogP contribution in [0.25, 0.3) is 32.9 Å². The molecule has 1 aliphatic heterocycles. The summed E-state index contributed by atoms with van der Waals surface area (Å²) in [5.41, 5.74) is 6.06. The number of aromatic nitrogens is 1. The highest BCUT2D eigenvalue weighted by molar-refractivity contribution is 6.09. The highest BCUT2D eigenvalue weighted by Gasteiger charge is 2.20. The fourth-order valence-electron chi connectivity index (χ4n) is 4.35. The average molecular weight is 383 g/mol. The average Bonchev–Trinajstić information content (AvgIpc) is 2.78. The molecule has 0 radical (unpaired) electrons. The van der Waals surface area contributed by atoms with E-state index >= 15 is 0 Å². The Labute approximate surface area is 171 Å². The van der Waals surface area contributed by atoms with Crippen LogP contribution in [0.5, 0.6) is 5.75 Å². The predicted octanol–water partition coefficient (Wildman–Crippen LogP) is 5.88. The van der Waals surface area contributed by atoms with E-state index in [0.717, 1.165) is 61.5 Å². The van der Waals surface area contributed by atoms with Gasteiger partial charge >= 0.3 is 0 Å². The lowest BCUT2D eigenvalue weighted by Crippen LogP contribution is -2.25. The van der Waals surface area contributed by atoms with Crippen molar-refractivity contribution in [1.29, 1.82) is 0 Å². The summed E-state index contributed by atoms with van der Waals surface area (Å²) in [6.07, 6.45) is 3.24. The van der Waals surface area contributed by atoms with Crippen LogP contribution in [0.15, 0.2) is 60.7 Å². The molecule has 1 aromatic heterocycles. The topological polar surface area (TPSA) is 34.1 Å². The molecule has 0 atom stereocenters. The quantitative estimate of drug-likeness (QED) is 0.346. The number of nitrogens with zero attached hydrogens (tertiary/aromatic N) is 1. The number of ether oxygens (including phenoxy) is 1. The van der Waals surface area contributed by atoms with Gasteiger partial charge in [0.15, 0.2) is 0 Å². The van der Waals surface area contributed by atoms with Crippen LogP contribution in [0.1, 0.15) is 30.9 Å². The minimum atomic E-state index is 0.761. The van der Waals surface area contributed by atoms with E-state index in [0.29, 0.717) is 0 Å². The molecule has 0 aliphatic carbocycles. The first-order valence-electron chi connectivity index (χ1n) is 10.6. The standard InChI is InChI=1S/C26H26N2O/c1-2-3-15-29-20-9-6-8-19(16-20)26-23-17-27-14-13-22(23)25-21-10-5-4-7-18(21)11-12-24(25)28-26/h4-12,16,27H,2-3,13-15,17H2,1H3. The maximum atomic E-state index is 5.95. The van der Waals surface area contributed by atoms with Gasteiger partial charge < -0.3 is 10.1 Å². The molecule has 29 heavy (non-hydrogen) atoms. The van der Waals surface area contributed by atoms with Crippen LogP contribution in [-0.2, 0) is 13.0 Å². The number of benzene rings is 3. The number of unbranched alkanes of at least 4 members (excludes halogenated alkanes) is 1. The summed E-state index contributed by atoms with van der Waals surface area (Å²) >= 11 is 0. The maximum absolute atomic E-state index is 5.95. The van der Waals surface area contributed by atoms with Crippen LogP contribution < -0.4 is 10.1 Å². The summed E-state index contributed by atoms with van der Waals surface area (Å²) in [6.45, 7) is 4.81. The largest absolute Gasteiger partial charge is 0.494 e. The van der Waals surface area contributed by atoms with E-state index in [-0.39, 0.29) is 0 Å². The SMILES string of the molecule is CCCCOc1cccc(-c2nc3ccc4ccccc4c3c3c2CNCC3)c1. The molecular formula is C26H26N2O. The van der Waals surface area contributed by atoms with E-state index in [4.69, 9.17) is 9.72 Å². The van der Waals surface area contributed by atoms with Crippen LogP contribution in [0, 0.1) is 0 Å². The molecule has 0 unspecified atom stereocenters. The van der Waals surface area contributed by atoms with Gasteiger partial charge in [0.25, 0.3) is 0 Å². The zero-order valence-electron chi connectivity index (χ0n) is 16.9. The molecule has 3 aromatic carbocycles. The lowest BCUT2D eigenvalue weighted by Gasteiger charge is -2.23. The van der Waals surface area contributed by atoms with Crippen LogP contribution in [-0.4, -0.2) is 18.1 Å². The summed E-state index contributed by atoms with van der Waals surface area (Å²) in [6, 6.07) is 21.4. The Balaban J connectivity index is 1.69. The minimum Gasteiger partial charge on any atom is -0.494 e. The third-order valence-corrected chi connectivity index (χ3v) is 5.82. The molecule has 5 rings (SSSR count). The highest BCUT2D eigenvalue weighted by Crippen LogP contribution is 2.36. The lowest BCUT2D eigenvalue weighted by atomic mass is 9.90. The van der Waals surface area contributed by atoms with E-state index in [1.807, 2.05) is 6.07 Å². The number of hydrogen-bond acceptors (Lipinski definition) is 3. The van der Waals surface area contributed by atoms with Crippen molar-refractivity contribution in [2.75, 3.05) is 13.2 Å². The molecule has 1 aliphatic rings. The number of rotatable bonds is 5. The van der Waals surface area contributed by atoms with Crippen molar-refractivity contribution in [3.8, 4) is 17.0 Å². The summed E-state index contributed by atoms with van der Waals surface area (Å²) in [7, 11) is 0. The normalized spacial score (nSPS) is 13.6. The number of nitrogens with one attached hydrogen (secondary N) is 1. The molecule has 0 spiro atoms. The third-order valence-electron chi connectivity index (χ3n) is 5.82. The van der Waals surface area contributed by atoms with Crippen LogP contribution >= 0.6 is 0 Å². The van der Waals surface area contributed by atoms with E-state index in [2.05, 4.69) is 66.8 Å². The van der Waals surface area contributed by atoms with Crippen molar-refractivity contribution >= 4 is 21.7 Å². The molecule has 1 N–H and O–H groups in total. The third kappa shape index (κ3) is 3.36. The smallest absolute Gasteiger partial charge is 0.119 e. The Morgan fingerprint density at radius 1 is 1.00 bits per heavy atom. The Morgan fingerprint density at radius 2 is 1.93 bits per heavy atom. The second kappa shape index (κ2) is 7.84. The Morgan fingerprint density at radius 3 is 2.86 bits per heavy atom. The zero-order chi connectivity index (χ0) is 19.6. The minimum absolute atomic E-state index is 0.761. The first-order chi connectivity index (χ1) is 14.3. The summed E-state index contributed by atoms with van der Waals surface area (Å²) in [5.74, 6) is 0.925. The van der Waals surface area contributed by atoms with Gasteiger partial charge in [-0.2, -0.15) is 0 Å². The number of fused-ring (bicyclic) bond motifs is 5. The molecule has 0 saturated carbocycles. The van der Waals surface area contributed by atoms with E-state index in [9.17, 15) is 0 Å². The molecular weight excluding hydrogens is 356 g/mol. The van der Waals surface area contributed by atoms with Crippen molar-refractivity contribution in [2.24, 2.45) is 0 Å². The predicted molar refractivity (Wildman–Crippen MR) is 120 cm³/mol. The van der Waals surface area contributed by atoms with Gasteiger partial charge in [0.05, 0.1) is 17.8 Å². The highest BCUT2D eigenvalue weighted by atomic mass is 16.5. The second-order valence-electron chi connectivity index (χ2n) is 7.75. The van der Waals surface area contributed by atoms with Crippen LogP contribution in [0.2, 0.25) is 0 Å². The van der Waals surface area contributed by atoms with Crippen molar-refractivity contribution in [3.63, 3.8) is 0 Å². The number of hydrogen-bond donors (Lipinski definition) is 1. The summed E-state index contributed by atoms with van der Waals surface area (Å²) in [5, 5.41) is 7.45. The number of pyridine rings is 1. The zero-order valence-corrected chi connectivity index (χ0v) is 16.9. The molecule has 3 heteroatoms. The van der Waals surface area contributed by atoms with Gasteiger partial charge in [-0.1, -0.05) is 55.8 Å². The van der Waals surface area contributed by atoms with Crippen molar-refractivity contribution in [2.45, 2.75) is 32.7 Å². The van der Waals surface area contributed by atoms with Crippen LogP contribution in [0.4, 0.5) is 0 Å². The maximum Gasteiger partial charge on any atom is 0.119 e. The monoisotopic (exact) mass is 382 g/mol. The van der Waals surface area contributed by atoms with Crippen molar-refractivity contribution in [3.05, 3.63) is 71.8 Å². The molecule has 2 heterocycles. The van der Waals surface area contributed by atoms with Crippen molar-refractivity contribution in [1.82, 2.24) is 10.3 Å². The fraction of sp³-hybridized carbons (Fsp3) is 0.269. The van der Waals surface area contributed by atoms with Gasteiger partial charge in [0.1, 0.15) is 5.75 Å². The molecule has 0 saturated heterocycles. The summed E-state index contributed by atoms with van der Waals surface area (Å²) < 4.78 is 5.95. The van der Waals surface area contributed by atoms with Crippen molar-refractivity contribution < 1.29 is 4.74 Å². The first-order valence-corrected chi connectivity index (χ1v) is 10.6. The van der Waals surface area contributed by atoms with Gasteiger partial charge in [-0.25, -0.2) is 4.98 Å². The van der Waals surface area contributed by atoms with E-state index in [1.54, 1.807) is 0 Å². The van der Waals surface area contributed by atoms with Gasteiger partial charge in [-0.3, -0.25) is 0 Å². The van der Waals surface area contributed by atoms with Gasteiger partial charge in [0, 0.05) is 17.5 Å². The Bertz CT molecular complexity index is 1180. The summed E-state index contributed by atoms with van der Waals surface area (Å²) in [4.78, 5) is 5.15. The van der Waals surface area contributed by atoms with Crippen LogP contribution in [0.3, 0.4) is 0 Å². The molecule has 0 amide bonds. The Kier molecular flexibility index (Phi) is 4.91. The van der Waals surface area contributed by atoms with Gasteiger partial charge in [-0.15, -0.1) is 0 Å². The van der Waals surface area contributed by atoms with Gasteiger partial charge in [0.2, 0.25) is 0 Å². The molecule has 3 nitrogen and oxygen atoms in total. The molecule has 4 aromatic rings. The van der Waals surface area contributed by atoms with E-state index < -0.39 is 0 Å². The second-order valence-corrected chi connectivity index (χ2v) is 7.75. The molecule has 0 bridgehead atoms. The van der Waals surface area contributed by atoms with E-state index in [1.165, 1.54) is 27.3 Å².